The second kappa shape index (κ2) is 5.81. The van der Waals surface area contributed by atoms with Crippen molar-refractivity contribution >= 4 is 28.0 Å². The number of anilines is 1. The molecule has 0 radical (unpaired) electrons. The van der Waals surface area contributed by atoms with Crippen LogP contribution < -0.4 is 10.5 Å². The van der Waals surface area contributed by atoms with Gasteiger partial charge in [-0.05, 0) is 30.7 Å². The number of pyridine rings is 1. The minimum Gasteiger partial charge on any atom is -0.494 e. The SMILES string of the molecule is COc1cc(N=Nc2ccccc2)c2nccc(C)c2c1N. The van der Waals surface area contributed by atoms with Gasteiger partial charge in [0.1, 0.15) is 17.0 Å². The summed E-state index contributed by atoms with van der Waals surface area (Å²) in [6.45, 7) is 1.98. The minimum atomic E-state index is 0.571. The van der Waals surface area contributed by atoms with E-state index in [1.54, 1.807) is 19.4 Å². The van der Waals surface area contributed by atoms with Crippen molar-refractivity contribution in [3.8, 4) is 5.75 Å². The van der Waals surface area contributed by atoms with Crippen LogP contribution in [0.5, 0.6) is 5.75 Å². The Labute approximate surface area is 128 Å². The van der Waals surface area contributed by atoms with Crippen molar-refractivity contribution in [2.24, 2.45) is 10.2 Å². The van der Waals surface area contributed by atoms with Gasteiger partial charge in [-0.25, -0.2) is 0 Å². The van der Waals surface area contributed by atoms with Gasteiger partial charge in [-0.15, -0.1) is 5.11 Å². The first kappa shape index (κ1) is 14.0. The Morgan fingerprint density at radius 2 is 1.86 bits per heavy atom. The van der Waals surface area contributed by atoms with Crippen molar-refractivity contribution in [2.75, 3.05) is 12.8 Å². The first-order valence-corrected chi connectivity index (χ1v) is 6.89. The second-order valence-electron chi connectivity index (χ2n) is 4.90. The summed E-state index contributed by atoms with van der Waals surface area (Å²) in [5.74, 6) is 0.575. The molecule has 2 aromatic carbocycles. The normalized spacial score (nSPS) is 11.2. The highest BCUT2D eigenvalue weighted by atomic mass is 16.5. The lowest BCUT2D eigenvalue weighted by atomic mass is 10.1. The molecule has 0 aliphatic heterocycles. The van der Waals surface area contributed by atoms with Crippen LogP contribution in [0.3, 0.4) is 0 Å². The Balaban J connectivity index is 2.19. The Kier molecular flexibility index (Phi) is 3.70. The molecule has 2 N–H and O–H groups in total. The number of hydrogen-bond acceptors (Lipinski definition) is 5. The van der Waals surface area contributed by atoms with Crippen LogP contribution in [0.25, 0.3) is 10.9 Å². The number of hydrogen-bond donors (Lipinski definition) is 1. The van der Waals surface area contributed by atoms with Gasteiger partial charge in [0.25, 0.3) is 0 Å². The summed E-state index contributed by atoms with van der Waals surface area (Å²) >= 11 is 0. The lowest BCUT2D eigenvalue weighted by molar-refractivity contribution is 0.417. The smallest absolute Gasteiger partial charge is 0.144 e. The number of rotatable bonds is 3. The largest absolute Gasteiger partial charge is 0.494 e. The van der Waals surface area contributed by atoms with Gasteiger partial charge in [0.2, 0.25) is 0 Å². The van der Waals surface area contributed by atoms with Crippen molar-refractivity contribution in [1.29, 1.82) is 0 Å². The van der Waals surface area contributed by atoms with Gasteiger partial charge >= 0.3 is 0 Å². The maximum Gasteiger partial charge on any atom is 0.144 e. The van der Waals surface area contributed by atoms with Crippen molar-refractivity contribution in [2.45, 2.75) is 6.92 Å². The van der Waals surface area contributed by atoms with Crippen LogP contribution in [0.4, 0.5) is 17.1 Å². The molecule has 0 spiro atoms. The molecular weight excluding hydrogens is 276 g/mol. The molecule has 0 saturated carbocycles. The van der Waals surface area contributed by atoms with Gasteiger partial charge in [0.05, 0.1) is 18.5 Å². The van der Waals surface area contributed by atoms with Crippen molar-refractivity contribution in [1.82, 2.24) is 4.98 Å². The van der Waals surface area contributed by atoms with Gasteiger partial charge < -0.3 is 10.5 Å². The van der Waals surface area contributed by atoms with Gasteiger partial charge in [0.15, 0.2) is 0 Å². The highest BCUT2D eigenvalue weighted by Crippen LogP contribution is 2.38. The Bertz CT molecular complexity index is 844. The topological polar surface area (TPSA) is 72.9 Å². The molecule has 0 saturated heterocycles. The highest BCUT2D eigenvalue weighted by molar-refractivity contribution is 6.02. The molecule has 1 aromatic heterocycles. The lowest BCUT2D eigenvalue weighted by Crippen LogP contribution is -1.96. The maximum atomic E-state index is 6.17. The molecule has 5 nitrogen and oxygen atoms in total. The number of aryl methyl sites for hydroxylation is 1. The number of nitrogens with zero attached hydrogens (tertiary/aromatic N) is 3. The summed E-state index contributed by atoms with van der Waals surface area (Å²) in [7, 11) is 1.58. The fraction of sp³-hybridized carbons (Fsp3) is 0.118. The van der Waals surface area contributed by atoms with E-state index in [0.717, 1.165) is 22.2 Å². The van der Waals surface area contributed by atoms with Crippen LogP contribution in [0.15, 0.2) is 58.9 Å². The highest BCUT2D eigenvalue weighted by Gasteiger charge is 2.13. The summed E-state index contributed by atoms with van der Waals surface area (Å²) in [6.07, 6.45) is 1.74. The van der Waals surface area contributed by atoms with Crippen LogP contribution >= 0.6 is 0 Å². The number of nitrogens with two attached hydrogens (primary N) is 1. The quantitative estimate of drug-likeness (QED) is 0.568. The van der Waals surface area contributed by atoms with Gasteiger partial charge in [-0.3, -0.25) is 4.98 Å². The molecule has 0 fully saturated rings. The van der Waals surface area contributed by atoms with E-state index in [0.29, 0.717) is 17.1 Å². The molecule has 0 bridgehead atoms. The number of benzene rings is 2. The zero-order valence-electron chi connectivity index (χ0n) is 12.4. The lowest BCUT2D eigenvalue weighted by Gasteiger charge is -2.11. The molecule has 0 unspecified atom stereocenters. The number of azo groups is 1. The average Bonchev–Trinajstić information content (AvgIpc) is 2.55. The number of nitrogen functional groups attached to an aromatic ring is 1. The summed E-state index contributed by atoms with van der Waals surface area (Å²) in [4.78, 5) is 4.40. The van der Waals surface area contributed by atoms with Crippen molar-refractivity contribution in [3.63, 3.8) is 0 Å². The van der Waals surface area contributed by atoms with Gasteiger partial charge in [-0.1, -0.05) is 18.2 Å². The monoisotopic (exact) mass is 292 g/mol. The fourth-order valence-corrected chi connectivity index (χ4v) is 2.34. The average molecular weight is 292 g/mol. The standard InChI is InChI=1S/C17H16N4O/c1-11-8-9-19-17-13(10-14(22-2)16(18)15(11)17)21-20-12-6-4-3-5-7-12/h3-10H,18H2,1-2H3. The van der Waals surface area contributed by atoms with Crippen LogP contribution in [-0.4, -0.2) is 12.1 Å². The van der Waals surface area contributed by atoms with E-state index in [1.807, 2.05) is 43.3 Å². The van der Waals surface area contributed by atoms with E-state index >= 15 is 0 Å². The molecule has 110 valence electrons. The molecule has 1 heterocycles. The van der Waals surface area contributed by atoms with E-state index < -0.39 is 0 Å². The van der Waals surface area contributed by atoms with E-state index in [9.17, 15) is 0 Å². The third kappa shape index (κ3) is 2.48. The van der Waals surface area contributed by atoms with E-state index in [-0.39, 0.29) is 0 Å². The van der Waals surface area contributed by atoms with Crippen LogP contribution in [0, 0.1) is 6.92 Å². The molecule has 3 aromatic rings. The summed E-state index contributed by atoms with van der Waals surface area (Å²) in [5, 5.41) is 9.42. The molecule has 5 heteroatoms. The van der Waals surface area contributed by atoms with Crippen LogP contribution in [0.1, 0.15) is 5.56 Å². The van der Waals surface area contributed by atoms with E-state index in [2.05, 4.69) is 15.2 Å². The predicted molar refractivity (Wildman–Crippen MR) is 88.1 cm³/mol. The number of methoxy groups -OCH3 is 1. The Morgan fingerprint density at radius 1 is 1.09 bits per heavy atom. The zero-order chi connectivity index (χ0) is 15.5. The number of ether oxygens (including phenoxy) is 1. The third-order valence-electron chi connectivity index (χ3n) is 3.45. The Morgan fingerprint density at radius 3 is 2.59 bits per heavy atom. The Hall–Kier alpha value is -2.95. The van der Waals surface area contributed by atoms with Gasteiger partial charge in [-0.2, -0.15) is 5.11 Å². The van der Waals surface area contributed by atoms with Crippen molar-refractivity contribution < 1.29 is 4.74 Å². The van der Waals surface area contributed by atoms with Crippen LogP contribution in [0.2, 0.25) is 0 Å². The predicted octanol–water partition coefficient (Wildman–Crippen LogP) is 4.55. The molecule has 0 aliphatic rings. The van der Waals surface area contributed by atoms with E-state index in [1.165, 1.54) is 0 Å². The van der Waals surface area contributed by atoms with Crippen LogP contribution in [-0.2, 0) is 0 Å². The third-order valence-corrected chi connectivity index (χ3v) is 3.45. The zero-order valence-corrected chi connectivity index (χ0v) is 12.4. The molecule has 0 atom stereocenters. The number of fused-ring (bicyclic) bond motifs is 1. The molecule has 0 aliphatic carbocycles. The maximum absolute atomic E-state index is 6.17. The molecule has 22 heavy (non-hydrogen) atoms. The molecular formula is C17H16N4O. The van der Waals surface area contributed by atoms with Gasteiger partial charge in [0, 0.05) is 17.6 Å². The molecule has 0 amide bonds. The summed E-state index contributed by atoms with van der Waals surface area (Å²) < 4.78 is 5.35. The minimum absolute atomic E-state index is 0.571. The first-order chi connectivity index (χ1) is 10.7. The molecule has 3 rings (SSSR count). The second-order valence-corrected chi connectivity index (χ2v) is 4.90. The summed E-state index contributed by atoms with van der Waals surface area (Å²) in [5.41, 5.74) is 9.90. The van der Waals surface area contributed by atoms with Crippen molar-refractivity contribution in [3.05, 3.63) is 54.2 Å². The first-order valence-electron chi connectivity index (χ1n) is 6.89. The van der Waals surface area contributed by atoms with E-state index in [4.69, 9.17) is 10.5 Å². The summed E-state index contributed by atoms with van der Waals surface area (Å²) in [6, 6.07) is 13.2. The fourth-order valence-electron chi connectivity index (χ4n) is 2.34. The number of aromatic nitrogens is 1.